The monoisotopic (exact) mass is 458 g/mol. The number of anilines is 1. The number of carbonyl (C=O) groups excluding carboxylic acids is 3. The van der Waals surface area contributed by atoms with Crippen LogP contribution in [-0.2, 0) is 14.4 Å². The number of nitrogens with one attached hydrogen (secondary N) is 3. The highest BCUT2D eigenvalue weighted by Gasteiger charge is 2.14. The highest BCUT2D eigenvalue weighted by atomic mass is 35.5. The van der Waals surface area contributed by atoms with Crippen molar-refractivity contribution in [1.29, 1.82) is 0 Å². The van der Waals surface area contributed by atoms with E-state index < -0.39 is 11.8 Å². The van der Waals surface area contributed by atoms with Crippen molar-refractivity contribution in [2.24, 2.45) is 5.10 Å². The third-order valence-corrected chi connectivity index (χ3v) is 4.84. The molecule has 2 rings (SSSR count). The standard InChI is InChI=1S/C23H27ClN4O4/c1-5-16(4)26-22(30)23(31)28-25-12-17-7-9-20(18(24)11-17)32-13-21(29)27-19-8-6-14(2)10-15(19)3/h6-12,16H,5,13H2,1-4H3,(H,26,30)(H,27,29)(H,28,31)/b25-12-/t16-/m0/s1. The number of halogens is 1. The van der Waals surface area contributed by atoms with E-state index in [9.17, 15) is 14.4 Å². The number of hydrogen-bond donors (Lipinski definition) is 3. The number of carbonyl (C=O) groups is 3. The molecule has 2 aromatic rings. The van der Waals surface area contributed by atoms with Crippen LogP contribution in [0.3, 0.4) is 0 Å². The molecule has 0 unspecified atom stereocenters. The van der Waals surface area contributed by atoms with Crippen molar-refractivity contribution in [3.05, 3.63) is 58.1 Å². The van der Waals surface area contributed by atoms with Crippen LogP contribution in [0.5, 0.6) is 5.75 Å². The predicted molar refractivity (Wildman–Crippen MR) is 125 cm³/mol. The Morgan fingerprint density at radius 2 is 1.88 bits per heavy atom. The van der Waals surface area contributed by atoms with Crippen molar-refractivity contribution >= 4 is 41.2 Å². The van der Waals surface area contributed by atoms with Crippen LogP contribution < -0.4 is 20.8 Å². The number of hydrogen-bond acceptors (Lipinski definition) is 5. The first-order chi connectivity index (χ1) is 15.2. The molecular formula is C23H27ClN4O4. The Balaban J connectivity index is 1.87. The summed E-state index contributed by atoms with van der Waals surface area (Å²) in [4.78, 5) is 35.5. The van der Waals surface area contributed by atoms with Crippen LogP contribution in [0.1, 0.15) is 37.0 Å². The summed E-state index contributed by atoms with van der Waals surface area (Å²) in [6.45, 7) is 7.39. The molecule has 3 N–H and O–H groups in total. The minimum absolute atomic E-state index is 0.105. The maximum atomic E-state index is 12.2. The molecule has 0 aliphatic rings. The second-order valence-electron chi connectivity index (χ2n) is 7.33. The van der Waals surface area contributed by atoms with Gasteiger partial charge in [0.05, 0.1) is 11.2 Å². The number of benzene rings is 2. The lowest BCUT2D eigenvalue weighted by atomic mass is 10.1. The van der Waals surface area contributed by atoms with Crippen LogP contribution in [-0.4, -0.2) is 36.6 Å². The SMILES string of the molecule is CC[C@H](C)NC(=O)C(=O)N/N=C\c1ccc(OCC(=O)Nc2ccc(C)cc2C)c(Cl)c1. The van der Waals surface area contributed by atoms with Crippen LogP contribution in [0.15, 0.2) is 41.5 Å². The van der Waals surface area contributed by atoms with Gasteiger partial charge in [-0.3, -0.25) is 14.4 Å². The molecule has 3 amide bonds. The van der Waals surface area contributed by atoms with E-state index in [0.717, 1.165) is 16.8 Å². The van der Waals surface area contributed by atoms with E-state index in [2.05, 4.69) is 21.2 Å². The lowest BCUT2D eigenvalue weighted by molar-refractivity contribution is -0.139. The number of hydrazone groups is 1. The topological polar surface area (TPSA) is 109 Å². The van der Waals surface area contributed by atoms with Crippen LogP contribution in [0.4, 0.5) is 5.69 Å². The molecule has 9 heteroatoms. The van der Waals surface area contributed by atoms with Gasteiger partial charge < -0.3 is 15.4 Å². The predicted octanol–water partition coefficient (Wildman–Crippen LogP) is 3.34. The fourth-order valence-electron chi connectivity index (χ4n) is 2.61. The number of rotatable bonds is 8. The fraction of sp³-hybridized carbons (Fsp3) is 0.304. The lowest BCUT2D eigenvalue weighted by Crippen LogP contribution is -2.41. The number of aryl methyl sites for hydroxylation is 2. The second-order valence-corrected chi connectivity index (χ2v) is 7.73. The molecule has 2 aromatic carbocycles. The van der Waals surface area contributed by atoms with Crippen molar-refractivity contribution in [2.45, 2.75) is 40.2 Å². The molecule has 170 valence electrons. The average molecular weight is 459 g/mol. The van der Waals surface area contributed by atoms with Gasteiger partial charge in [0.15, 0.2) is 6.61 Å². The summed E-state index contributed by atoms with van der Waals surface area (Å²) in [5.41, 5.74) is 5.53. The van der Waals surface area contributed by atoms with Gasteiger partial charge in [-0.2, -0.15) is 5.10 Å². The van der Waals surface area contributed by atoms with Crippen LogP contribution >= 0.6 is 11.6 Å². The molecule has 0 aliphatic carbocycles. The Morgan fingerprint density at radius 1 is 1.12 bits per heavy atom. The summed E-state index contributed by atoms with van der Waals surface area (Å²) >= 11 is 6.21. The largest absolute Gasteiger partial charge is 0.482 e. The maximum Gasteiger partial charge on any atom is 0.329 e. The Labute approximate surface area is 192 Å². The molecule has 0 aliphatic heterocycles. The molecule has 32 heavy (non-hydrogen) atoms. The van der Waals surface area contributed by atoms with Crippen LogP contribution in [0, 0.1) is 13.8 Å². The van der Waals surface area contributed by atoms with Crippen molar-refractivity contribution in [2.75, 3.05) is 11.9 Å². The third-order valence-electron chi connectivity index (χ3n) is 4.55. The average Bonchev–Trinajstić information content (AvgIpc) is 2.74. The molecule has 0 heterocycles. The normalized spacial score (nSPS) is 11.7. The molecule has 0 spiro atoms. The zero-order valence-electron chi connectivity index (χ0n) is 18.5. The number of ether oxygens (including phenoxy) is 1. The zero-order chi connectivity index (χ0) is 23.7. The van der Waals surface area contributed by atoms with E-state index in [1.807, 2.05) is 39.0 Å². The van der Waals surface area contributed by atoms with Crippen LogP contribution in [0.2, 0.25) is 5.02 Å². The summed E-state index contributed by atoms with van der Waals surface area (Å²) in [7, 11) is 0. The molecule has 0 bridgehead atoms. The van der Waals surface area contributed by atoms with Gasteiger partial charge >= 0.3 is 11.8 Å². The first kappa shape index (κ1) is 24.9. The zero-order valence-corrected chi connectivity index (χ0v) is 19.2. The molecule has 0 saturated carbocycles. The Kier molecular flexibility index (Phi) is 9.22. The molecule has 8 nitrogen and oxygen atoms in total. The van der Waals surface area contributed by atoms with E-state index in [-0.39, 0.29) is 23.6 Å². The number of nitrogens with zero attached hydrogens (tertiary/aromatic N) is 1. The fourth-order valence-corrected chi connectivity index (χ4v) is 2.85. The minimum atomic E-state index is -0.859. The Morgan fingerprint density at radius 3 is 2.53 bits per heavy atom. The summed E-state index contributed by atoms with van der Waals surface area (Å²) in [5.74, 6) is -1.59. The van der Waals surface area contributed by atoms with Crippen LogP contribution in [0.25, 0.3) is 0 Å². The lowest BCUT2D eigenvalue weighted by Gasteiger charge is -2.11. The van der Waals surface area contributed by atoms with Gasteiger partial charge in [0.1, 0.15) is 5.75 Å². The number of amides is 3. The molecule has 0 radical (unpaired) electrons. The second kappa shape index (κ2) is 11.9. The molecule has 0 saturated heterocycles. The van der Waals surface area contributed by atoms with Gasteiger partial charge in [-0.15, -0.1) is 0 Å². The smallest absolute Gasteiger partial charge is 0.329 e. The highest BCUT2D eigenvalue weighted by molar-refractivity contribution is 6.35. The van der Waals surface area contributed by atoms with Gasteiger partial charge in [-0.1, -0.05) is 36.2 Å². The van der Waals surface area contributed by atoms with Gasteiger partial charge in [-0.05, 0) is 62.6 Å². The highest BCUT2D eigenvalue weighted by Crippen LogP contribution is 2.25. The summed E-state index contributed by atoms with van der Waals surface area (Å²) in [5, 5.41) is 9.37. The maximum absolute atomic E-state index is 12.2. The van der Waals surface area contributed by atoms with E-state index in [1.165, 1.54) is 6.21 Å². The van der Waals surface area contributed by atoms with Crippen molar-refractivity contribution in [1.82, 2.24) is 10.7 Å². The van der Waals surface area contributed by atoms with E-state index in [1.54, 1.807) is 25.1 Å². The third kappa shape index (κ3) is 7.70. The van der Waals surface area contributed by atoms with E-state index >= 15 is 0 Å². The van der Waals surface area contributed by atoms with Crippen molar-refractivity contribution in [3.8, 4) is 5.75 Å². The summed E-state index contributed by atoms with van der Waals surface area (Å²) in [6, 6.07) is 10.4. The first-order valence-electron chi connectivity index (χ1n) is 10.1. The Hall–Kier alpha value is -3.39. The van der Waals surface area contributed by atoms with Gasteiger partial charge in [0, 0.05) is 11.7 Å². The van der Waals surface area contributed by atoms with Gasteiger partial charge in [-0.25, -0.2) is 5.43 Å². The molecule has 0 aromatic heterocycles. The summed E-state index contributed by atoms with van der Waals surface area (Å²) < 4.78 is 5.50. The van der Waals surface area contributed by atoms with Gasteiger partial charge in [0.25, 0.3) is 5.91 Å². The quantitative estimate of drug-likeness (QED) is 0.320. The Bertz CT molecular complexity index is 1020. The summed E-state index contributed by atoms with van der Waals surface area (Å²) in [6.07, 6.45) is 2.05. The van der Waals surface area contributed by atoms with E-state index in [4.69, 9.17) is 16.3 Å². The van der Waals surface area contributed by atoms with Crippen molar-refractivity contribution < 1.29 is 19.1 Å². The molecule has 1 atom stereocenters. The molecule has 0 fully saturated rings. The molecular weight excluding hydrogens is 432 g/mol. The first-order valence-corrected chi connectivity index (χ1v) is 10.5. The van der Waals surface area contributed by atoms with Gasteiger partial charge in [0.2, 0.25) is 0 Å². The van der Waals surface area contributed by atoms with E-state index in [0.29, 0.717) is 17.7 Å². The van der Waals surface area contributed by atoms with Crippen molar-refractivity contribution in [3.63, 3.8) is 0 Å². The minimum Gasteiger partial charge on any atom is -0.482 e.